The predicted molar refractivity (Wildman–Crippen MR) is 182 cm³/mol. The molecule has 0 atom stereocenters. The summed E-state index contributed by atoms with van der Waals surface area (Å²) in [5.74, 6) is 1.87. The molecule has 0 N–H and O–H groups in total. The van der Waals surface area contributed by atoms with Gasteiger partial charge in [-0.1, -0.05) is 101 Å². The summed E-state index contributed by atoms with van der Waals surface area (Å²) in [7, 11) is 0. The zero-order chi connectivity index (χ0) is 25.3. The Balaban J connectivity index is 0.000000655. The fourth-order valence-corrected chi connectivity index (χ4v) is 6.66. The minimum atomic E-state index is 0. The van der Waals surface area contributed by atoms with E-state index in [0.717, 1.165) is 11.8 Å². The quantitative estimate of drug-likeness (QED) is 0.150. The molecular formula is C36H50Cl2SiZr-4. The van der Waals surface area contributed by atoms with Crippen LogP contribution in [0, 0.1) is 40.5 Å². The van der Waals surface area contributed by atoms with Gasteiger partial charge >= 0.3 is 30.2 Å². The Hall–Kier alpha value is -0.660. The van der Waals surface area contributed by atoms with Gasteiger partial charge in [0.25, 0.3) is 0 Å². The van der Waals surface area contributed by atoms with Crippen LogP contribution in [0.15, 0.2) is 60.7 Å². The summed E-state index contributed by atoms with van der Waals surface area (Å²) in [5, 5.41) is 5.85. The number of hydrogen-bond donors (Lipinski definition) is 0. The Bertz CT molecular complexity index is 1130. The first-order valence-electron chi connectivity index (χ1n) is 14.2. The molecule has 0 aliphatic heterocycles. The van der Waals surface area contributed by atoms with Gasteiger partial charge in [-0.15, -0.1) is 93.9 Å². The summed E-state index contributed by atoms with van der Waals surface area (Å²) in [4.78, 5) is 0. The van der Waals surface area contributed by atoms with Crippen LogP contribution >= 0.6 is 24.8 Å². The van der Waals surface area contributed by atoms with Crippen LogP contribution in [0.4, 0.5) is 0 Å². The van der Waals surface area contributed by atoms with Crippen molar-refractivity contribution in [1.82, 2.24) is 0 Å². The van der Waals surface area contributed by atoms with Gasteiger partial charge in [-0.3, -0.25) is 0 Å². The zero-order valence-corrected chi connectivity index (χ0v) is 30.3. The predicted octanol–water partition coefficient (Wildman–Crippen LogP) is 11.3. The van der Waals surface area contributed by atoms with Gasteiger partial charge in [0.2, 0.25) is 0 Å². The van der Waals surface area contributed by atoms with Crippen molar-refractivity contribution in [1.29, 1.82) is 0 Å². The molecule has 40 heavy (non-hydrogen) atoms. The van der Waals surface area contributed by atoms with Crippen LogP contribution in [-0.2, 0) is 36.2 Å². The Morgan fingerprint density at radius 1 is 0.625 bits per heavy atom. The van der Waals surface area contributed by atoms with Crippen LogP contribution in [0.5, 0.6) is 0 Å². The molecule has 0 amide bonds. The second-order valence-electron chi connectivity index (χ2n) is 11.3. The summed E-state index contributed by atoms with van der Waals surface area (Å²) in [6, 6.07) is 22.9. The van der Waals surface area contributed by atoms with E-state index in [2.05, 4.69) is 81.4 Å². The van der Waals surface area contributed by atoms with Gasteiger partial charge in [-0.25, -0.2) is 0 Å². The molecule has 4 aromatic carbocycles. The Labute approximate surface area is 275 Å². The van der Waals surface area contributed by atoms with Crippen LogP contribution in [0.25, 0.3) is 21.5 Å². The molecule has 2 radical (unpaired) electrons. The Morgan fingerprint density at radius 2 is 0.975 bits per heavy atom. The summed E-state index contributed by atoms with van der Waals surface area (Å²) in [5.41, 5.74) is 5.94. The van der Waals surface area contributed by atoms with Crippen LogP contribution < -0.4 is 0 Å². The van der Waals surface area contributed by atoms with Crippen LogP contribution in [0.3, 0.4) is 0 Å². The van der Waals surface area contributed by atoms with E-state index in [1.165, 1.54) is 133 Å². The third-order valence-corrected chi connectivity index (χ3v) is 8.44. The van der Waals surface area contributed by atoms with E-state index < -0.39 is 0 Å². The zero-order valence-electron chi connectivity index (χ0n) is 25.2. The molecule has 0 heterocycles. The van der Waals surface area contributed by atoms with E-state index >= 15 is 0 Å². The number of fused-ring (bicyclic) bond motifs is 2. The number of benzene rings is 2. The number of hydrogen-bond acceptors (Lipinski definition) is 0. The maximum atomic E-state index is 3.06. The first-order valence-corrected chi connectivity index (χ1v) is 18.4. The van der Waals surface area contributed by atoms with Gasteiger partial charge in [0.05, 0.1) is 0 Å². The Morgan fingerprint density at radius 3 is 1.32 bits per heavy atom. The molecule has 2 aliphatic carbocycles. The Kier molecular flexibility index (Phi) is 19.9. The number of rotatable bonds is 4. The average Bonchev–Trinajstić information content (AvgIpc) is 3.49. The van der Waals surface area contributed by atoms with Crippen LogP contribution in [0.2, 0.25) is 0 Å². The molecule has 0 nitrogen and oxygen atoms in total. The second kappa shape index (κ2) is 20.3. The molecule has 220 valence electrons. The summed E-state index contributed by atoms with van der Waals surface area (Å²) in [6.45, 7) is 7.46. The van der Waals surface area contributed by atoms with Gasteiger partial charge < -0.3 is 14.9 Å². The molecule has 2 saturated carbocycles. The van der Waals surface area contributed by atoms with Crippen molar-refractivity contribution in [2.45, 2.75) is 90.9 Å². The summed E-state index contributed by atoms with van der Waals surface area (Å²) < 4.78 is 0. The molecule has 0 unspecified atom stereocenters. The third kappa shape index (κ3) is 10.9. The van der Waals surface area contributed by atoms with Crippen molar-refractivity contribution < 1.29 is 23.3 Å². The van der Waals surface area contributed by atoms with Crippen molar-refractivity contribution in [3.05, 3.63) is 97.8 Å². The topological polar surface area (TPSA) is 0 Å². The summed E-state index contributed by atoms with van der Waals surface area (Å²) >= 11 is 1.36. The second-order valence-corrected chi connectivity index (χ2v) is 11.3. The third-order valence-electron chi connectivity index (χ3n) is 8.44. The van der Waals surface area contributed by atoms with E-state index in [-0.39, 0.29) is 39.7 Å². The van der Waals surface area contributed by atoms with Crippen LogP contribution in [0.1, 0.15) is 86.5 Å². The first-order chi connectivity index (χ1) is 17.7. The van der Waals surface area contributed by atoms with Gasteiger partial charge in [0.15, 0.2) is 0 Å². The maximum absolute atomic E-state index is 3.06. The number of aryl methyl sites for hydroxylation is 2. The van der Waals surface area contributed by atoms with Crippen molar-refractivity contribution in [2.24, 2.45) is 11.8 Å². The molecule has 4 aromatic rings. The molecule has 2 fully saturated rings. The average molecular weight is 673 g/mol. The molecule has 0 aromatic heterocycles. The van der Waals surface area contributed by atoms with Gasteiger partial charge in [-0.2, -0.15) is 12.1 Å². The molecule has 0 saturated heterocycles. The molecule has 0 spiro atoms. The molecule has 0 bridgehead atoms. The molecule has 4 heteroatoms. The minimum absolute atomic E-state index is 0. The summed E-state index contributed by atoms with van der Waals surface area (Å²) in [6.07, 6.45) is 17.0. The normalized spacial score (nSPS) is 15.1. The van der Waals surface area contributed by atoms with E-state index in [9.17, 15) is 0 Å². The molecule has 2 aliphatic rings. The van der Waals surface area contributed by atoms with E-state index in [0.29, 0.717) is 0 Å². The van der Waals surface area contributed by atoms with E-state index in [4.69, 9.17) is 0 Å². The molecule has 6 rings (SSSR count). The van der Waals surface area contributed by atoms with Gasteiger partial charge in [-0.05, 0) is 24.7 Å². The van der Waals surface area contributed by atoms with E-state index in [1.807, 2.05) is 0 Å². The van der Waals surface area contributed by atoms with Crippen molar-refractivity contribution in [3.63, 3.8) is 0 Å². The van der Waals surface area contributed by atoms with Crippen LogP contribution in [-0.4, -0.2) is 6.88 Å². The van der Waals surface area contributed by atoms with Crippen molar-refractivity contribution >= 4 is 53.2 Å². The fraction of sp³-hybridized carbons (Fsp3) is 0.444. The van der Waals surface area contributed by atoms with Gasteiger partial charge in [0.1, 0.15) is 0 Å². The standard InChI is InChI=1S/2C17H21.2CH3.2ClH.Si.Zr/c2*1-13-10-15-8-5-9-16(17(15)11-13)12-14-6-3-2-4-7-14;;;;;;/h2*5,8-11,14H,2-4,6-7,12H2,1H3;2*1H3;2*1H;;/q4*-1;;;;. The monoisotopic (exact) mass is 670 g/mol. The SMILES string of the molecule is Cc1cc2c(CC3CCCCC3)cccc2[cH-]1.Cc1cc2c(CC3CCCCC3)cccc2[cH-]1.Cl.Cl.[CH3-].[CH3-].[Si]=[Zr]. The molecular weight excluding hydrogens is 623 g/mol. The van der Waals surface area contributed by atoms with Crippen molar-refractivity contribution in [3.8, 4) is 0 Å². The number of halogens is 2. The van der Waals surface area contributed by atoms with Crippen molar-refractivity contribution in [2.75, 3.05) is 0 Å². The fourth-order valence-electron chi connectivity index (χ4n) is 6.66. The van der Waals surface area contributed by atoms with E-state index in [1.54, 1.807) is 11.1 Å². The first kappa shape index (κ1) is 39.3. The van der Waals surface area contributed by atoms with Gasteiger partial charge in [0, 0.05) is 0 Å².